The predicted octanol–water partition coefficient (Wildman–Crippen LogP) is 7.33. The molecule has 2 heterocycles. The molecule has 2 aromatic carbocycles. The normalized spacial score (nSPS) is 30.5. The molecular formula is C44H70N2O10W4. The summed E-state index contributed by atoms with van der Waals surface area (Å²) >= 11 is 0. The number of rotatable bonds is 6. The Morgan fingerprint density at radius 2 is 0.617 bits per heavy atom. The maximum Gasteiger partial charge on any atom is 0.261 e. The second kappa shape index (κ2) is 26.3. The molecule has 0 aromatic heterocycles. The number of hydrogen-bond acceptors (Lipinski definition) is 10. The molecule has 0 bridgehead atoms. The van der Waals surface area contributed by atoms with Crippen molar-refractivity contribution in [3.8, 4) is 0 Å². The molecule has 12 nitrogen and oxygen atoms in total. The zero-order valence-corrected chi connectivity index (χ0v) is 45.0. The number of fused-ring (bicyclic) bond motifs is 2. The molecule has 4 aliphatic carbocycles. The van der Waals surface area contributed by atoms with Gasteiger partial charge in [0, 0.05) is 150 Å². The van der Waals surface area contributed by atoms with Gasteiger partial charge < -0.3 is 29.2 Å². The molecule has 0 unspecified atom stereocenters. The molecule has 0 spiro atoms. The van der Waals surface area contributed by atoms with Gasteiger partial charge in [0.1, 0.15) is 0 Å². The van der Waals surface area contributed by atoms with E-state index in [1.165, 1.54) is 9.80 Å². The summed E-state index contributed by atoms with van der Waals surface area (Å²) in [7, 11) is 6.70. The number of hydrogen-bond donors (Lipinski definition) is 2. The van der Waals surface area contributed by atoms with Crippen LogP contribution in [0.5, 0.6) is 0 Å². The van der Waals surface area contributed by atoms with Crippen molar-refractivity contribution in [1.29, 1.82) is 0 Å². The number of amides is 4. The first-order chi connectivity index (χ1) is 24.4. The number of ether oxygens (including phenoxy) is 4. The van der Waals surface area contributed by atoms with E-state index in [9.17, 15) is 19.2 Å². The molecule has 2 aliphatic heterocycles. The summed E-state index contributed by atoms with van der Waals surface area (Å²) in [5.41, 5.74) is 1.67. The van der Waals surface area contributed by atoms with Crippen molar-refractivity contribution in [3.05, 3.63) is 70.8 Å². The van der Waals surface area contributed by atoms with Crippen molar-refractivity contribution in [2.45, 2.75) is 155 Å². The molecule has 2 aromatic rings. The van der Waals surface area contributed by atoms with Crippen LogP contribution in [0.25, 0.3) is 0 Å². The summed E-state index contributed by atoms with van der Waals surface area (Å²) in [6.07, 6.45) is 5.83. The van der Waals surface area contributed by atoms with Gasteiger partial charge in [0.15, 0.2) is 0 Å². The summed E-state index contributed by atoms with van der Waals surface area (Å²) in [6.45, 7) is 8.03. The Bertz CT molecular complexity index is 1480. The van der Waals surface area contributed by atoms with Crippen LogP contribution in [0.1, 0.15) is 150 Å². The fourth-order valence-electron chi connectivity index (χ4n) is 7.86. The molecule has 2 N–H and O–H groups in total. The third-order valence-corrected chi connectivity index (χ3v) is 11.7. The van der Waals surface area contributed by atoms with Crippen LogP contribution in [0.2, 0.25) is 0 Å². The van der Waals surface area contributed by atoms with Crippen LogP contribution in [-0.2, 0) is 103 Å². The fraction of sp³-hybridized carbons (Fsp3) is 0.636. The topological polar surface area (TPSA) is 152 Å². The Morgan fingerprint density at radius 1 is 0.433 bits per heavy atom. The third kappa shape index (κ3) is 14.1. The molecule has 8 rings (SSSR count). The van der Waals surface area contributed by atoms with Crippen molar-refractivity contribution in [1.82, 2.24) is 9.80 Å². The Labute approximate surface area is 417 Å². The van der Waals surface area contributed by atoms with Crippen molar-refractivity contribution in [3.63, 3.8) is 0 Å². The summed E-state index contributed by atoms with van der Waals surface area (Å²) in [5.74, 6) is -0.671. The second-order valence-electron chi connectivity index (χ2n) is 15.9. The molecule has 16 heteroatoms. The molecule has 4 saturated carbocycles. The van der Waals surface area contributed by atoms with Gasteiger partial charge in [-0.15, -0.1) is 0 Å². The number of nitrogens with zero attached hydrogens (tertiary/aromatic N) is 2. The van der Waals surface area contributed by atoms with E-state index in [1.807, 2.05) is 27.7 Å². The summed E-state index contributed by atoms with van der Waals surface area (Å²) in [5, 5.41) is 17.7. The number of carbonyl (C=O) groups is 4. The molecule has 4 fully saturated rings. The number of methoxy groups -OCH3 is 4. The molecule has 60 heavy (non-hydrogen) atoms. The van der Waals surface area contributed by atoms with Crippen molar-refractivity contribution >= 4 is 23.6 Å². The van der Waals surface area contributed by atoms with Gasteiger partial charge >= 0.3 is 0 Å². The van der Waals surface area contributed by atoms with E-state index in [0.29, 0.717) is 22.3 Å². The van der Waals surface area contributed by atoms with Gasteiger partial charge in [-0.25, -0.2) is 0 Å². The van der Waals surface area contributed by atoms with Gasteiger partial charge in [-0.2, -0.15) is 0 Å². The van der Waals surface area contributed by atoms with Crippen LogP contribution in [0, 0.1) is 0 Å². The van der Waals surface area contributed by atoms with E-state index in [1.54, 1.807) is 77.0 Å². The Hall–Kier alpha value is -0.767. The first-order valence-corrected chi connectivity index (χ1v) is 17.9. The van der Waals surface area contributed by atoms with Crippen LogP contribution in [0.3, 0.4) is 0 Å². The van der Waals surface area contributed by atoms with E-state index in [2.05, 4.69) is 0 Å². The largest absolute Gasteiger partial charge is 0.393 e. The monoisotopic (exact) mass is 1520 g/mol. The smallest absolute Gasteiger partial charge is 0.261 e. The van der Waals surface area contributed by atoms with E-state index < -0.39 is 0 Å². The Balaban J connectivity index is -0.000000353. The van der Waals surface area contributed by atoms with Gasteiger partial charge in [0.05, 0.1) is 56.9 Å². The third-order valence-electron chi connectivity index (χ3n) is 11.7. The van der Waals surface area contributed by atoms with Crippen molar-refractivity contribution in [2.75, 3.05) is 28.4 Å². The van der Waals surface area contributed by atoms with Gasteiger partial charge in [0.2, 0.25) is 0 Å². The van der Waals surface area contributed by atoms with E-state index in [-0.39, 0.29) is 184 Å². The number of aliphatic hydroxyl groups excluding tert-OH is 2. The van der Waals surface area contributed by atoms with E-state index in [0.717, 1.165) is 51.4 Å². The Kier molecular flexibility index (Phi) is 28.8. The van der Waals surface area contributed by atoms with Gasteiger partial charge in [-0.1, -0.05) is 54.0 Å². The number of aliphatic hydroxyl groups is 2. The maximum absolute atomic E-state index is 12.2. The fourth-order valence-corrected chi connectivity index (χ4v) is 7.86. The van der Waals surface area contributed by atoms with Gasteiger partial charge in [-0.05, 0) is 77.6 Å². The average molecular weight is 1520 g/mol. The predicted molar refractivity (Wildman–Crippen MR) is 219 cm³/mol. The van der Waals surface area contributed by atoms with Crippen LogP contribution >= 0.6 is 0 Å². The first-order valence-electron chi connectivity index (χ1n) is 17.9. The minimum atomic E-state index is -0.194. The van der Waals surface area contributed by atoms with E-state index >= 15 is 0 Å². The van der Waals surface area contributed by atoms with Crippen LogP contribution < -0.4 is 0 Å². The molecular weight excluding hydrogens is 1450 g/mol. The summed E-state index contributed by atoms with van der Waals surface area (Å²) < 4.78 is 20.9. The SMILES string of the molecule is C.C.C.C.COC1(C)CC(N2C(=O)c3ccccc3C2=O)C1.COC1(C)CC(N2C(=O)c3ccccc3C2=O)C1.COC1(C)CC(O)C1.COC1(C)CC(O)C1.[W].[W].[W].[W]. The molecule has 0 radical (unpaired) electrons. The molecule has 0 saturated heterocycles. The minimum absolute atomic E-state index is 0. The average Bonchev–Trinajstić information content (AvgIpc) is 3.48. The standard InChI is InChI=1S/2C14H15NO3.2C6H12O2.4CH4.4W/c2*1-14(18-2)7-9(8-14)15-12(16)10-5-3-4-6-11(10)13(15)17;2*1-6(8-2)3-5(7)4-6;;;;;;;;/h2*3-6,9H,7-8H2,1-2H3;2*5,7H,3-4H2,1-2H3;4*1H4;;;;. The number of benzene rings is 2. The van der Waals surface area contributed by atoms with Crippen molar-refractivity contribution < 1.29 is 133 Å². The second-order valence-corrected chi connectivity index (χ2v) is 15.9. The Morgan fingerprint density at radius 3 is 0.767 bits per heavy atom. The molecule has 6 aliphatic rings. The maximum atomic E-state index is 12.2. The molecule has 340 valence electrons. The molecule has 0 atom stereocenters. The first kappa shape index (κ1) is 65.8. The van der Waals surface area contributed by atoms with Crippen molar-refractivity contribution in [2.24, 2.45) is 0 Å². The minimum Gasteiger partial charge on any atom is -0.393 e. The number of carbonyl (C=O) groups excluding carboxylic acids is 4. The van der Waals surface area contributed by atoms with Gasteiger partial charge in [-0.3, -0.25) is 29.0 Å². The zero-order valence-electron chi connectivity index (χ0n) is 33.3. The zero-order chi connectivity index (χ0) is 38.2. The van der Waals surface area contributed by atoms with Crippen LogP contribution in [-0.4, -0.2) is 119 Å². The van der Waals surface area contributed by atoms with Crippen LogP contribution in [0.4, 0.5) is 0 Å². The quantitative estimate of drug-likeness (QED) is 0.282. The van der Waals surface area contributed by atoms with Crippen LogP contribution in [0.15, 0.2) is 48.5 Å². The van der Waals surface area contributed by atoms with Gasteiger partial charge in [0.25, 0.3) is 23.6 Å². The molecule has 4 amide bonds. The van der Waals surface area contributed by atoms with E-state index in [4.69, 9.17) is 29.2 Å². The summed E-state index contributed by atoms with van der Waals surface area (Å²) in [6, 6.07) is 13.9. The number of imide groups is 2. The summed E-state index contributed by atoms with van der Waals surface area (Å²) in [4.78, 5) is 51.6.